The Labute approximate surface area is 169 Å². The van der Waals surface area contributed by atoms with Crippen LogP contribution in [0, 0.1) is 0 Å². The Kier molecular flexibility index (Phi) is 14.0. The van der Waals surface area contributed by atoms with E-state index in [4.69, 9.17) is 4.74 Å². The maximum Gasteiger partial charge on any atom is 0.337 e. The van der Waals surface area contributed by atoms with E-state index in [0.29, 0.717) is 11.1 Å². The van der Waals surface area contributed by atoms with Gasteiger partial charge in [0.15, 0.2) is 0 Å². The molecule has 0 aromatic heterocycles. The quantitative estimate of drug-likeness (QED) is 0.218. The third kappa shape index (κ3) is 11.9. The minimum atomic E-state index is -0.347. The van der Waals surface area contributed by atoms with Crippen LogP contribution in [0.4, 0.5) is 0 Å². The molecule has 4 nitrogen and oxygen atoms in total. The van der Waals surface area contributed by atoms with Gasteiger partial charge in [-0.2, -0.15) is 0 Å². The number of rotatable bonds is 10. The SMILES string of the molecule is C=C(C)C(=O)OC.C=C(C=Cc1ccccc1)C(=O)OC(CC)CCCCC. The van der Waals surface area contributed by atoms with Crippen molar-refractivity contribution in [2.75, 3.05) is 7.11 Å². The van der Waals surface area contributed by atoms with Crippen LogP contribution in [-0.4, -0.2) is 25.2 Å². The van der Waals surface area contributed by atoms with Crippen molar-refractivity contribution in [1.82, 2.24) is 0 Å². The lowest BCUT2D eigenvalue weighted by atomic mass is 10.1. The minimum absolute atomic E-state index is 0.00549. The molecule has 0 heterocycles. The number of benzene rings is 1. The van der Waals surface area contributed by atoms with Gasteiger partial charge >= 0.3 is 11.9 Å². The third-order valence-corrected chi connectivity index (χ3v) is 3.93. The Hall–Kier alpha value is -2.62. The molecule has 0 N–H and O–H groups in total. The predicted octanol–water partition coefficient (Wildman–Crippen LogP) is 5.89. The Morgan fingerprint density at radius 2 is 1.71 bits per heavy atom. The van der Waals surface area contributed by atoms with E-state index in [1.165, 1.54) is 20.0 Å². The van der Waals surface area contributed by atoms with Gasteiger partial charge < -0.3 is 9.47 Å². The smallest absolute Gasteiger partial charge is 0.337 e. The summed E-state index contributed by atoms with van der Waals surface area (Å²) in [5.74, 6) is -0.662. The van der Waals surface area contributed by atoms with Crippen LogP contribution in [0.2, 0.25) is 0 Å². The average Bonchev–Trinajstić information content (AvgIpc) is 2.71. The van der Waals surface area contributed by atoms with E-state index >= 15 is 0 Å². The highest BCUT2D eigenvalue weighted by atomic mass is 16.5. The zero-order valence-electron chi connectivity index (χ0n) is 17.7. The van der Waals surface area contributed by atoms with Gasteiger partial charge in [-0.05, 0) is 37.8 Å². The number of carbonyl (C=O) groups is 2. The molecule has 0 saturated heterocycles. The molecule has 28 heavy (non-hydrogen) atoms. The molecule has 1 unspecified atom stereocenters. The van der Waals surface area contributed by atoms with E-state index < -0.39 is 0 Å². The molecule has 1 rings (SSSR count). The van der Waals surface area contributed by atoms with Crippen LogP contribution >= 0.6 is 0 Å². The molecule has 0 amide bonds. The standard InChI is InChI=1S/C19H26O2.C5H8O2/c1-4-6-8-13-18(5-2)21-19(20)16(3)14-15-17-11-9-7-10-12-17;1-4(2)5(6)7-3/h7,9-12,14-15,18H,3-6,8,13H2,1-2H3;1H2,2-3H3. The first kappa shape index (κ1) is 25.4. The summed E-state index contributed by atoms with van der Waals surface area (Å²) in [5, 5.41) is 0. The summed E-state index contributed by atoms with van der Waals surface area (Å²) >= 11 is 0. The van der Waals surface area contributed by atoms with Crippen molar-refractivity contribution in [3.63, 3.8) is 0 Å². The number of unbranched alkanes of at least 4 members (excludes halogenated alkanes) is 2. The molecule has 1 atom stereocenters. The highest BCUT2D eigenvalue weighted by Gasteiger charge is 2.13. The predicted molar refractivity (Wildman–Crippen MR) is 116 cm³/mol. The van der Waals surface area contributed by atoms with Crippen LogP contribution in [0.1, 0.15) is 58.4 Å². The van der Waals surface area contributed by atoms with E-state index in [0.717, 1.165) is 24.8 Å². The molecule has 0 fully saturated rings. The molecular weight excluding hydrogens is 352 g/mol. The van der Waals surface area contributed by atoms with Crippen LogP contribution < -0.4 is 0 Å². The van der Waals surface area contributed by atoms with Gasteiger partial charge in [-0.25, -0.2) is 9.59 Å². The third-order valence-electron chi connectivity index (χ3n) is 3.93. The maximum absolute atomic E-state index is 12.0. The molecule has 0 aliphatic carbocycles. The molecule has 0 radical (unpaired) electrons. The van der Waals surface area contributed by atoms with Gasteiger partial charge in [0.1, 0.15) is 6.10 Å². The lowest BCUT2D eigenvalue weighted by Crippen LogP contribution is -2.18. The summed E-state index contributed by atoms with van der Waals surface area (Å²) in [7, 11) is 1.33. The fraction of sp³-hybridized carbons (Fsp3) is 0.417. The van der Waals surface area contributed by atoms with Crippen molar-refractivity contribution in [2.24, 2.45) is 0 Å². The first-order valence-corrected chi connectivity index (χ1v) is 9.72. The molecule has 0 bridgehead atoms. The average molecular weight is 387 g/mol. The number of ether oxygens (including phenoxy) is 2. The van der Waals surface area contributed by atoms with Gasteiger partial charge in [-0.15, -0.1) is 0 Å². The first-order valence-electron chi connectivity index (χ1n) is 9.72. The van der Waals surface area contributed by atoms with Gasteiger partial charge in [0, 0.05) is 5.57 Å². The van der Waals surface area contributed by atoms with E-state index in [2.05, 4.69) is 24.8 Å². The number of hydrogen-bond acceptors (Lipinski definition) is 4. The number of methoxy groups -OCH3 is 1. The molecule has 1 aromatic rings. The second kappa shape index (κ2) is 15.4. The van der Waals surface area contributed by atoms with Crippen molar-refractivity contribution < 1.29 is 19.1 Å². The Bertz CT molecular complexity index is 644. The lowest BCUT2D eigenvalue weighted by Gasteiger charge is -2.16. The highest BCUT2D eigenvalue weighted by Crippen LogP contribution is 2.13. The largest absolute Gasteiger partial charge is 0.466 e. The normalized spacial score (nSPS) is 11.1. The second-order valence-corrected chi connectivity index (χ2v) is 6.47. The van der Waals surface area contributed by atoms with Gasteiger partial charge in [0.05, 0.1) is 12.7 Å². The first-order chi connectivity index (χ1) is 13.3. The Morgan fingerprint density at radius 3 is 2.18 bits per heavy atom. The maximum atomic E-state index is 12.0. The molecule has 4 heteroatoms. The van der Waals surface area contributed by atoms with Gasteiger partial charge in [0.2, 0.25) is 0 Å². The van der Waals surface area contributed by atoms with Crippen LogP contribution in [-0.2, 0) is 19.1 Å². The summed E-state index contributed by atoms with van der Waals surface area (Å²) in [6, 6.07) is 9.84. The van der Waals surface area contributed by atoms with Gasteiger partial charge in [-0.3, -0.25) is 0 Å². The van der Waals surface area contributed by atoms with Crippen LogP contribution in [0.25, 0.3) is 6.08 Å². The Morgan fingerprint density at radius 1 is 1.07 bits per heavy atom. The summed E-state index contributed by atoms with van der Waals surface area (Å²) in [4.78, 5) is 22.2. The minimum Gasteiger partial charge on any atom is -0.466 e. The lowest BCUT2D eigenvalue weighted by molar-refractivity contribution is -0.144. The van der Waals surface area contributed by atoms with Crippen molar-refractivity contribution in [2.45, 2.75) is 59.0 Å². The Balaban J connectivity index is 0.000000887. The second-order valence-electron chi connectivity index (χ2n) is 6.47. The fourth-order valence-electron chi connectivity index (χ4n) is 2.20. The molecule has 0 spiro atoms. The summed E-state index contributed by atoms with van der Waals surface area (Å²) in [6.45, 7) is 13.0. The molecule has 0 aliphatic rings. The van der Waals surface area contributed by atoms with Gasteiger partial charge in [-0.1, -0.05) is 76.3 Å². The van der Waals surface area contributed by atoms with Crippen molar-refractivity contribution in [3.8, 4) is 0 Å². The topological polar surface area (TPSA) is 52.6 Å². The molecule has 0 saturated carbocycles. The fourth-order valence-corrected chi connectivity index (χ4v) is 2.20. The molecule has 154 valence electrons. The van der Waals surface area contributed by atoms with Crippen molar-refractivity contribution in [1.29, 1.82) is 0 Å². The number of esters is 2. The summed E-state index contributed by atoms with van der Waals surface area (Å²) in [5.41, 5.74) is 1.87. The summed E-state index contributed by atoms with van der Waals surface area (Å²) in [6.07, 6.45) is 8.86. The molecule has 0 aliphatic heterocycles. The molecule has 1 aromatic carbocycles. The van der Waals surface area contributed by atoms with Crippen LogP contribution in [0.3, 0.4) is 0 Å². The number of hydrogen-bond donors (Lipinski definition) is 0. The van der Waals surface area contributed by atoms with Gasteiger partial charge in [0.25, 0.3) is 0 Å². The van der Waals surface area contributed by atoms with E-state index in [1.54, 1.807) is 13.0 Å². The summed E-state index contributed by atoms with van der Waals surface area (Å²) < 4.78 is 9.78. The monoisotopic (exact) mass is 386 g/mol. The van der Waals surface area contributed by atoms with Crippen LogP contribution in [0.5, 0.6) is 0 Å². The zero-order chi connectivity index (χ0) is 21.4. The highest BCUT2D eigenvalue weighted by molar-refractivity contribution is 5.92. The van der Waals surface area contributed by atoms with E-state index in [-0.39, 0.29) is 18.0 Å². The number of carbonyl (C=O) groups excluding carboxylic acids is 2. The van der Waals surface area contributed by atoms with Crippen molar-refractivity contribution >= 4 is 18.0 Å². The van der Waals surface area contributed by atoms with E-state index in [1.807, 2.05) is 43.3 Å². The van der Waals surface area contributed by atoms with Crippen molar-refractivity contribution in [3.05, 3.63) is 66.3 Å². The zero-order valence-corrected chi connectivity index (χ0v) is 17.7. The van der Waals surface area contributed by atoms with Crippen LogP contribution in [0.15, 0.2) is 60.7 Å². The van der Waals surface area contributed by atoms with E-state index in [9.17, 15) is 9.59 Å². The molecular formula is C24H34O4.